The Morgan fingerprint density at radius 2 is 2.06 bits per heavy atom. The molecule has 1 atom stereocenters. The van der Waals surface area contributed by atoms with E-state index in [0.29, 0.717) is 12.8 Å². The Labute approximate surface area is 110 Å². The van der Waals surface area contributed by atoms with Crippen molar-refractivity contribution < 1.29 is 9.18 Å². The Bertz CT molecular complexity index is 372. The molecule has 92 valence electrons. The van der Waals surface area contributed by atoms with Crippen molar-refractivity contribution in [3.05, 3.63) is 48.3 Å². The van der Waals surface area contributed by atoms with E-state index in [9.17, 15) is 9.18 Å². The molecule has 0 spiro atoms. The molecule has 17 heavy (non-hydrogen) atoms. The number of carbonyl (C=O) groups is 1. The average molecular weight is 299 g/mol. The summed E-state index contributed by atoms with van der Waals surface area (Å²) in [6.07, 6.45) is 4.36. The SMILES string of the molecule is C=CCC(=O)CCCC(Br)c1ccc(F)cc1. The standard InChI is InChI=1S/C14H16BrFO/c1-2-4-13(17)5-3-6-14(15)11-7-9-12(16)10-8-11/h2,7-10,14H,1,3-6H2. The summed E-state index contributed by atoms with van der Waals surface area (Å²) in [4.78, 5) is 11.4. The summed E-state index contributed by atoms with van der Waals surface area (Å²) in [5, 5.41) is 0. The molecule has 0 fully saturated rings. The molecule has 0 bridgehead atoms. The van der Waals surface area contributed by atoms with E-state index in [0.717, 1.165) is 18.4 Å². The molecule has 0 amide bonds. The molecule has 0 saturated heterocycles. The normalized spacial score (nSPS) is 12.1. The fraction of sp³-hybridized carbons (Fsp3) is 0.357. The highest BCUT2D eigenvalue weighted by molar-refractivity contribution is 9.09. The molecule has 0 radical (unpaired) electrons. The number of hydrogen-bond acceptors (Lipinski definition) is 1. The lowest BCUT2D eigenvalue weighted by molar-refractivity contribution is -0.118. The van der Waals surface area contributed by atoms with Crippen LogP contribution in [-0.2, 0) is 4.79 Å². The van der Waals surface area contributed by atoms with Gasteiger partial charge in [0.1, 0.15) is 11.6 Å². The summed E-state index contributed by atoms with van der Waals surface area (Å²) >= 11 is 3.55. The quantitative estimate of drug-likeness (QED) is 0.532. The van der Waals surface area contributed by atoms with E-state index >= 15 is 0 Å². The van der Waals surface area contributed by atoms with Crippen molar-refractivity contribution in [1.29, 1.82) is 0 Å². The van der Waals surface area contributed by atoms with Gasteiger partial charge in [0, 0.05) is 17.7 Å². The van der Waals surface area contributed by atoms with Gasteiger partial charge >= 0.3 is 0 Å². The van der Waals surface area contributed by atoms with Crippen molar-refractivity contribution in [3.8, 4) is 0 Å². The predicted octanol–water partition coefficient (Wildman–Crippen LogP) is 4.58. The molecule has 0 aromatic heterocycles. The summed E-state index contributed by atoms with van der Waals surface area (Å²) in [5.41, 5.74) is 1.04. The third-order valence-electron chi connectivity index (χ3n) is 2.52. The van der Waals surface area contributed by atoms with Gasteiger partial charge in [0.15, 0.2) is 0 Å². The number of ketones is 1. The molecule has 0 aliphatic heterocycles. The van der Waals surface area contributed by atoms with Crippen LogP contribution in [0, 0.1) is 5.82 Å². The highest BCUT2D eigenvalue weighted by Gasteiger charge is 2.08. The topological polar surface area (TPSA) is 17.1 Å². The molecular formula is C14H16BrFO. The number of carbonyl (C=O) groups excluding carboxylic acids is 1. The molecule has 1 aromatic carbocycles. The number of allylic oxidation sites excluding steroid dienone is 1. The van der Waals surface area contributed by atoms with Crippen molar-refractivity contribution in [2.24, 2.45) is 0 Å². The van der Waals surface area contributed by atoms with Crippen LogP contribution < -0.4 is 0 Å². The van der Waals surface area contributed by atoms with Gasteiger partial charge in [0.05, 0.1) is 0 Å². The first-order valence-electron chi connectivity index (χ1n) is 5.65. The zero-order chi connectivity index (χ0) is 12.7. The van der Waals surface area contributed by atoms with Crippen LogP contribution in [0.1, 0.15) is 36.1 Å². The van der Waals surface area contributed by atoms with Crippen molar-refractivity contribution in [3.63, 3.8) is 0 Å². The Kier molecular flexibility index (Phi) is 6.12. The molecule has 1 nitrogen and oxygen atoms in total. The lowest BCUT2D eigenvalue weighted by atomic mass is 10.0. The number of halogens is 2. The van der Waals surface area contributed by atoms with E-state index in [1.54, 1.807) is 18.2 Å². The first kappa shape index (κ1) is 14.1. The molecule has 0 N–H and O–H groups in total. The highest BCUT2D eigenvalue weighted by atomic mass is 79.9. The molecule has 1 rings (SSSR count). The van der Waals surface area contributed by atoms with E-state index in [1.807, 2.05) is 0 Å². The third-order valence-corrected chi connectivity index (χ3v) is 3.50. The van der Waals surface area contributed by atoms with Crippen molar-refractivity contribution >= 4 is 21.7 Å². The zero-order valence-corrected chi connectivity index (χ0v) is 11.2. The maximum Gasteiger partial charge on any atom is 0.136 e. The van der Waals surface area contributed by atoms with E-state index in [4.69, 9.17) is 0 Å². The zero-order valence-electron chi connectivity index (χ0n) is 9.66. The fourth-order valence-corrected chi connectivity index (χ4v) is 2.21. The van der Waals surface area contributed by atoms with E-state index in [2.05, 4.69) is 22.5 Å². The van der Waals surface area contributed by atoms with Crippen LogP contribution in [0.4, 0.5) is 4.39 Å². The van der Waals surface area contributed by atoms with Gasteiger partial charge in [-0.2, -0.15) is 0 Å². The maximum atomic E-state index is 12.7. The van der Waals surface area contributed by atoms with Crippen LogP contribution in [0.5, 0.6) is 0 Å². The number of benzene rings is 1. The first-order valence-corrected chi connectivity index (χ1v) is 6.57. The number of rotatable bonds is 7. The molecule has 0 aliphatic rings. The van der Waals surface area contributed by atoms with Gasteiger partial charge < -0.3 is 0 Å². The second kappa shape index (κ2) is 7.38. The molecule has 0 aliphatic carbocycles. The minimum Gasteiger partial charge on any atom is -0.299 e. The van der Waals surface area contributed by atoms with Crippen LogP contribution in [0.15, 0.2) is 36.9 Å². The minimum absolute atomic E-state index is 0.180. The first-order chi connectivity index (χ1) is 8.13. The van der Waals surface area contributed by atoms with E-state index < -0.39 is 0 Å². The summed E-state index contributed by atoms with van der Waals surface area (Å²) in [7, 11) is 0. The van der Waals surface area contributed by atoms with Gasteiger partial charge in [0.2, 0.25) is 0 Å². The van der Waals surface area contributed by atoms with Gasteiger partial charge in [-0.3, -0.25) is 4.79 Å². The van der Waals surface area contributed by atoms with Gasteiger partial charge in [0.25, 0.3) is 0 Å². The fourth-order valence-electron chi connectivity index (χ4n) is 1.58. The molecular weight excluding hydrogens is 283 g/mol. The van der Waals surface area contributed by atoms with Gasteiger partial charge in [-0.05, 0) is 30.5 Å². The number of hydrogen-bond donors (Lipinski definition) is 0. The van der Waals surface area contributed by atoms with Crippen LogP contribution in [-0.4, -0.2) is 5.78 Å². The van der Waals surface area contributed by atoms with Gasteiger partial charge in [-0.25, -0.2) is 4.39 Å². The van der Waals surface area contributed by atoms with Crippen LogP contribution in [0.3, 0.4) is 0 Å². The van der Waals surface area contributed by atoms with E-state index in [1.165, 1.54) is 12.1 Å². The maximum absolute atomic E-state index is 12.7. The molecule has 3 heteroatoms. The summed E-state index contributed by atoms with van der Waals surface area (Å²) < 4.78 is 12.7. The van der Waals surface area contributed by atoms with Crippen molar-refractivity contribution in [2.45, 2.75) is 30.5 Å². The molecule has 1 unspecified atom stereocenters. The lowest BCUT2D eigenvalue weighted by Gasteiger charge is -2.09. The second-order valence-corrected chi connectivity index (χ2v) is 5.05. The number of Topliss-reactive ketones (excluding diaryl/α,β-unsaturated/α-hetero) is 1. The van der Waals surface area contributed by atoms with Gasteiger partial charge in [-0.1, -0.05) is 34.1 Å². The summed E-state index contributed by atoms with van der Waals surface area (Å²) in [5.74, 6) is -0.00610. The Morgan fingerprint density at radius 1 is 1.41 bits per heavy atom. The smallest absolute Gasteiger partial charge is 0.136 e. The summed E-state index contributed by atoms with van der Waals surface area (Å²) in [6.45, 7) is 3.53. The molecule has 0 heterocycles. The Balaban J connectivity index is 2.34. The Morgan fingerprint density at radius 3 is 2.65 bits per heavy atom. The summed E-state index contributed by atoms with van der Waals surface area (Å²) in [6, 6.07) is 6.43. The lowest BCUT2D eigenvalue weighted by Crippen LogP contribution is -1.97. The third kappa shape index (κ3) is 5.26. The van der Waals surface area contributed by atoms with E-state index in [-0.39, 0.29) is 16.4 Å². The minimum atomic E-state index is -0.227. The highest BCUT2D eigenvalue weighted by Crippen LogP contribution is 2.28. The number of alkyl halides is 1. The van der Waals surface area contributed by atoms with Gasteiger partial charge in [-0.15, -0.1) is 6.58 Å². The Hall–Kier alpha value is -0.960. The average Bonchev–Trinajstić information content (AvgIpc) is 2.30. The molecule has 0 saturated carbocycles. The molecule has 1 aromatic rings. The van der Waals surface area contributed by atoms with Crippen LogP contribution in [0.25, 0.3) is 0 Å². The second-order valence-electron chi connectivity index (χ2n) is 3.94. The van der Waals surface area contributed by atoms with Crippen LogP contribution in [0.2, 0.25) is 0 Å². The van der Waals surface area contributed by atoms with Crippen LogP contribution >= 0.6 is 15.9 Å². The van der Waals surface area contributed by atoms with Crippen molar-refractivity contribution in [1.82, 2.24) is 0 Å². The monoisotopic (exact) mass is 298 g/mol. The predicted molar refractivity (Wildman–Crippen MR) is 71.7 cm³/mol. The largest absolute Gasteiger partial charge is 0.299 e. The van der Waals surface area contributed by atoms with Crippen molar-refractivity contribution in [2.75, 3.05) is 0 Å².